The van der Waals surface area contributed by atoms with Crippen molar-refractivity contribution in [3.63, 3.8) is 0 Å². The lowest BCUT2D eigenvalue weighted by atomic mass is 10.2. The van der Waals surface area contributed by atoms with Crippen LogP contribution in [0.15, 0.2) is 30.3 Å². The van der Waals surface area contributed by atoms with Crippen LogP contribution in [0.3, 0.4) is 0 Å². The minimum Gasteiger partial charge on any atom is -0.279 e. The number of rotatable bonds is 5. The van der Waals surface area contributed by atoms with Crippen molar-refractivity contribution >= 4 is 26.9 Å². The SMILES string of the molecule is CC(C(=O)Cl)N(Cc1ccccc1)S(C)(=O)=O. The smallest absolute Gasteiger partial charge is 0.239 e. The molecule has 0 saturated heterocycles. The highest BCUT2D eigenvalue weighted by Crippen LogP contribution is 2.14. The van der Waals surface area contributed by atoms with E-state index in [1.165, 1.54) is 6.92 Å². The fourth-order valence-electron chi connectivity index (χ4n) is 1.42. The van der Waals surface area contributed by atoms with E-state index in [0.717, 1.165) is 16.1 Å². The van der Waals surface area contributed by atoms with Gasteiger partial charge in [0.1, 0.15) is 0 Å². The van der Waals surface area contributed by atoms with E-state index in [1.54, 1.807) is 12.1 Å². The molecule has 0 spiro atoms. The maximum atomic E-state index is 11.6. The Hall–Kier alpha value is -0.910. The van der Waals surface area contributed by atoms with Crippen LogP contribution in [0.2, 0.25) is 0 Å². The molecular weight excluding hydrogens is 262 g/mol. The summed E-state index contributed by atoms with van der Waals surface area (Å²) in [5.74, 6) is 0. The zero-order valence-electron chi connectivity index (χ0n) is 9.63. The molecule has 0 N–H and O–H groups in total. The van der Waals surface area contributed by atoms with Crippen LogP contribution in [-0.4, -0.2) is 30.3 Å². The third-order valence-corrected chi connectivity index (χ3v) is 3.98. The van der Waals surface area contributed by atoms with Gasteiger partial charge in [-0.3, -0.25) is 4.79 Å². The quantitative estimate of drug-likeness (QED) is 0.767. The Bertz CT molecular complexity index is 487. The fraction of sp³-hybridized carbons (Fsp3) is 0.364. The lowest BCUT2D eigenvalue weighted by Gasteiger charge is -2.24. The molecule has 1 rings (SSSR count). The Morgan fingerprint density at radius 2 is 1.88 bits per heavy atom. The van der Waals surface area contributed by atoms with Crippen molar-refractivity contribution in [3.05, 3.63) is 35.9 Å². The van der Waals surface area contributed by atoms with Crippen molar-refractivity contribution in [1.82, 2.24) is 4.31 Å². The van der Waals surface area contributed by atoms with Crippen molar-refractivity contribution in [2.45, 2.75) is 19.5 Å². The van der Waals surface area contributed by atoms with Gasteiger partial charge < -0.3 is 0 Å². The minimum absolute atomic E-state index is 0.138. The van der Waals surface area contributed by atoms with Gasteiger partial charge >= 0.3 is 0 Å². The first-order valence-electron chi connectivity index (χ1n) is 5.02. The summed E-state index contributed by atoms with van der Waals surface area (Å²) in [5, 5.41) is -0.689. The van der Waals surface area contributed by atoms with Gasteiger partial charge in [0.05, 0.1) is 12.3 Å². The Morgan fingerprint density at radius 3 is 2.29 bits per heavy atom. The Labute approximate surface area is 106 Å². The number of benzene rings is 1. The average molecular weight is 276 g/mol. The second-order valence-corrected chi connectivity index (χ2v) is 6.08. The Morgan fingerprint density at radius 1 is 1.35 bits per heavy atom. The van der Waals surface area contributed by atoms with Gasteiger partial charge in [-0.15, -0.1) is 0 Å². The van der Waals surface area contributed by atoms with Crippen LogP contribution in [0.1, 0.15) is 12.5 Å². The predicted molar refractivity (Wildman–Crippen MR) is 67.2 cm³/mol. The maximum absolute atomic E-state index is 11.6. The molecule has 0 aliphatic heterocycles. The van der Waals surface area contributed by atoms with Gasteiger partial charge in [0, 0.05) is 6.54 Å². The molecule has 0 saturated carbocycles. The summed E-state index contributed by atoms with van der Waals surface area (Å²) in [7, 11) is -3.48. The van der Waals surface area contributed by atoms with E-state index < -0.39 is 21.3 Å². The van der Waals surface area contributed by atoms with Gasteiger partial charge in [-0.1, -0.05) is 30.3 Å². The van der Waals surface area contributed by atoms with Crippen LogP contribution in [0.5, 0.6) is 0 Å². The molecule has 94 valence electrons. The fourth-order valence-corrected chi connectivity index (χ4v) is 2.65. The van der Waals surface area contributed by atoms with E-state index >= 15 is 0 Å². The molecule has 0 amide bonds. The largest absolute Gasteiger partial charge is 0.279 e. The number of sulfonamides is 1. The molecule has 0 bridgehead atoms. The molecule has 1 aromatic carbocycles. The lowest BCUT2D eigenvalue weighted by molar-refractivity contribution is -0.114. The summed E-state index contributed by atoms with van der Waals surface area (Å²) in [5.41, 5.74) is 0.808. The zero-order chi connectivity index (χ0) is 13.1. The summed E-state index contributed by atoms with van der Waals surface area (Å²) in [6.45, 7) is 1.61. The van der Waals surface area contributed by atoms with Gasteiger partial charge in [0.2, 0.25) is 15.3 Å². The highest BCUT2D eigenvalue weighted by molar-refractivity contribution is 7.88. The molecule has 1 aromatic rings. The van der Waals surface area contributed by atoms with Gasteiger partial charge in [0.25, 0.3) is 0 Å². The molecule has 6 heteroatoms. The van der Waals surface area contributed by atoms with Crippen LogP contribution >= 0.6 is 11.6 Å². The minimum atomic E-state index is -3.48. The number of hydrogen-bond donors (Lipinski definition) is 0. The molecule has 1 unspecified atom stereocenters. The van der Waals surface area contributed by atoms with Crippen molar-refractivity contribution in [2.24, 2.45) is 0 Å². The summed E-state index contributed by atoms with van der Waals surface area (Å²) < 4.78 is 24.3. The molecule has 0 aliphatic rings. The first-order chi connectivity index (χ1) is 7.82. The molecule has 0 aliphatic carbocycles. The molecule has 0 aromatic heterocycles. The number of carbonyl (C=O) groups is 1. The van der Waals surface area contributed by atoms with Gasteiger partial charge in [-0.05, 0) is 24.1 Å². The standard InChI is InChI=1S/C11H14ClNO3S/c1-9(11(12)14)13(17(2,15)16)8-10-6-4-3-5-7-10/h3-7,9H,8H2,1-2H3. The molecule has 0 heterocycles. The summed E-state index contributed by atoms with van der Waals surface area (Å²) in [4.78, 5) is 11.1. The van der Waals surface area contributed by atoms with E-state index in [1.807, 2.05) is 18.2 Å². The third kappa shape index (κ3) is 4.11. The summed E-state index contributed by atoms with van der Waals surface area (Å²) in [6.07, 6.45) is 1.06. The van der Waals surface area contributed by atoms with Crippen molar-refractivity contribution < 1.29 is 13.2 Å². The third-order valence-electron chi connectivity index (χ3n) is 2.37. The monoisotopic (exact) mass is 275 g/mol. The maximum Gasteiger partial charge on any atom is 0.239 e. The second-order valence-electron chi connectivity index (χ2n) is 3.77. The average Bonchev–Trinajstić information content (AvgIpc) is 2.24. The highest BCUT2D eigenvalue weighted by atomic mass is 35.5. The molecule has 4 nitrogen and oxygen atoms in total. The van der Waals surface area contributed by atoms with Crippen molar-refractivity contribution in [2.75, 3.05) is 6.26 Å². The van der Waals surface area contributed by atoms with Crippen molar-refractivity contribution in [1.29, 1.82) is 0 Å². The summed E-state index contributed by atoms with van der Waals surface area (Å²) in [6, 6.07) is 8.18. The van der Waals surface area contributed by atoms with E-state index in [4.69, 9.17) is 11.6 Å². The number of carbonyl (C=O) groups excluding carboxylic acids is 1. The first-order valence-corrected chi connectivity index (χ1v) is 7.25. The predicted octanol–water partition coefficient (Wildman–Crippen LogP) is 1.60. The van der Waals surface area contributed by atoms with Crippen LogP contribution in [-0.2, 0) is 21.4 Å². The van der Waals surface area contributed by atoms with E-state index in [0.29, 0.717) is 0 Å². The molecule has 17 heavy (non-hydrogen) atoms. The zero-order valence-corrected chi connectivity index (χ0v) is 11.2. The van der Waals surface area contributed by atoms with Gasteiger partial charge in [-0.25, -0.2) is 8.42 Å². The second kappa shape index (κ2) is 5.62. The van der Waals surface area contributed by atoms with Crippen LogP contribution in [0.4, 0.5) is 0 Å². The molecule has 0 fully saturated rings. The molecular formula is C11H14ClNO3S. The van der Waals surface area contributed by atoms with Gasteiger partial charge in [-0.2, -0.15) is 4.31 Å². The van der Waals surface area contributed by atoms with E-state index in [9.17, 15) is 13.2 Å². The van der Waals surface area contributed by atoms with Crippen molar-refractivity contribution in [3.8, 4) is 0 Å². The molecule has 1 atom stereocenters. The Balaban J connectivity index is 2.98. The van der Waals surface area contributed by atoms with E-state index in [-0.39, 0.29) is 6.54 Å². The Kier molecular flexibility index (Phi) is 4.68. The lowest BCUT2D eigenvalue weighted by Crippen LogP contribution is -2.40. The number of nitrogens with zero attached hydrogens (tertiary/aromatic N) is 1. The molecule has 0 radical (unpaired) electrons. The highest BCUT2D eigenvalue weighted by Gasteiger charge is 2.27. The normalized spacial score (nSPS) is 13.6. The van der Waals surface area contributed by atoms with Crippen LogP contribution in [0.25, 0.3) is 0 Å². The van der Waals surface area contributed by atoms with Crippen LogP contribution < -0.4 is 0 Å². The first kappa shape index (κ1) is 14.2. The summed E-state index contributed by atoms with van der Waals surface area (Å²) >= 11 is 5.35. The van der Waals surface area contributed by atoms with E-state index in [2.05, 4.69) is 0 Å². The number of hydrogen-bond acceptors (Lipinski definition) is 3. The number of halogens is 1. The van der Waals surface area contributed by atoms with Crippen LogP contribution in [0, 0.1) is 0 Å². The topological polar surface area (TPSA) is 54.5 Å². The van der Waals surface area contributed by atoms with Gasteiger partial charge in [0.15, 0.2) is 0 Å².